The maximum Gasteiger partial charge on any atom is 0.167 e. The van der Waals surface area contributed by atoms with E-state index in [9.17, 15) is 0 Å². The molecule has 5 heteroatoms. The second kappa shape index (κ2) is 4.19. The lowest BCUT2D eigenvalue weighted by molar-refractivity contribution is 0.547. The summed E-state index contributed by atoms with van der Waals surface area (Å²) in [5.74, 6) is 2.15. The molecule has 1 aliphatic rings. The predicted octanol–water partition coefficient (Wildman–Crippen LogP) is 0.658. The molecule has 1 heterocycles. The van der Waals surface area contributed by atoms with Gasteiger partial charge >= 0.3 is 0 Å². The number of nitrogens with two attached hydrogens (primary N) is 1. The average molecular weight is 185 g/mol. The zero-order valence-electron chi connectivity index (χ0n) is 4.87. The zero-order valence-corrected chi connectivity index (χ0v) is 7.32. The van der Waals surface area contributed by atoms with Gasteiger partial charge in [-0.25, -0.2) is 0 Å². The lowest BCUT2D eigenvalue weighted by Crippen LogP contribution is -2.32. The van der Waals surface area contributed by atoms with Crippen LogP contribution in [0.3, 0.4) is 0 Å². The highest BCUT2D eigenvalue weighted by atomic mass is 35.5. The van der Waals surface area contributed by atoms with Crippen LogP contribution < -0.4 is 5.73 Å². The lowest BCUT2D eigenvalue weighted by Gasteiger charge is -2.11. The molecule has 2 nitrogen and oxygen atoms in total. The molecule has 0 radical (unpaired) electrons. The van der Waals surface area contributed by atoms with Gasteiger partial charge in [-0.1, -0.05) is 0 Å². The molecule has 0 unspecified atom stereocenters. The first-order chi connectivity index (χ1) is 3.80. The van der Waals surface area contributed by atoms with Crippen LogP contribution in [0.1, 0.15) is 0 Å². The summed E-state index contributed by atoms with van der Waals surface area (Å²) in [6, 6.07) is 0. The Morgan fingerprint density at radius 3 is 2.56 bits per heavy atom. The minimum atomic E-state index is 0. The van der Waals surface area contributed by atoms with Gasteiger partial charge in [0, 0.05) is 12.3 Å². The molecule has 0 aromatic rings. The van der Waals surface area contributed by atoms with Crippen molar-refractivity contribution in [3.8, 4) is 0 Å². The van der Waals surface area contributed by atoms with Crippen molar-refractivity contribution in [3.63, 3.8) is 0 Å². The first-order valence-electron chi connectivity index (χ1n) is 2.43. The number of hydrogen-bond acceptors (Lipinski definition) is 2. The van der Waals surface area contributed by atoms with Gasteiger partial charge in [-0.3, -0.25) is 0 Å². The molecule has 0 amide bonds. The molecule has 0 aromatic carbocycles. The van der Waals surface area contributed by atoms with E-state index in [1.54, 1.807) is 0 Å². The van der Waals surface area contributed by atoms with Crippen LogP contribution in [-0.2, 0) is 0 Å². The van der Waals surface area contributed by atoms with E-state index in [0.717, 1.165) is 18.2 Å². The van der Waals surface area contributed by atoms with Crippen LogP contribution in [0, 0.1) is 0 Å². The molecule has 0 bridgehead atoms. The molecule has 0 aliphatic carbocycles. The molecular formula is C4H9ClN2S2. The molecule has 0 spiro atoms. The quantitative estimate of drug-likeness (QED) is 0.561. The maximum absolute atomic E-state index is 5.34. The van der Waals surface area contributed by atoms with Crippen molar-refractivity contribution in [1.82, 2.24) is 4.90 Å². The Balaban J connectivity index is 0.000000640. The van der Waals surface area contributed by atoms with Crippen LogP contribution in [0.25, 0.3) is 0 Å². The molecule has 1 aliphatic heterocycles. The minimum Gasteiger partial charge on any atom is -0.376 e. The Bertz CT molecular complexity index is 103. The fourth-order valence-electron chi connectivity index (χ4n) is 0.588. The third-order valence-corrected chi connectivity index (χ3v) is 2.29. The van der Waals surface area contributed by atoms with Gasteiger partial charge in [0.15, 0.2) is 5.11 Å². The molecule has 9 heavy (non-hydrogen) atoms. The topological polar surface area (TPSA) is 29.3 Å². The lowest BCUT2D eigenvalue weighted by atomic mass is 10.7. The third-order valence-electron chi connectivity index (χ3n) is 1.06. The van der Waals surface area contributed by atoms with Crippen molar-refractivity contribution in [2.45, 2.75) is 0 Å². The van der Waals surface area contributed by atoms with E-state index in [-0.39, 0.29) is 12.4 Å². The van der Waals surface area contributed by atoms with Crippen LogP contribution in [0.2, 0.25) is 0 Å². The summed E-state index contributed by atoms with van der Waals surface area (Å²) in [6.45, 7) is 1.03. The van der Waals surface area contributed by atoms with Crippen molar-refractivity contribution in [3.05, 3.63) is 0 Å². The van der Waals surface area contributed by atoms with Gasteiger partial charge in [0.25, 0.3) is 0 Å². The van der Waals surface area contributed by atoms with E-state index < -0.39 is 0 Å². The normalized spacial score (nSPS) is 17.1. The minimum absolute atomic E-state index is 0. The molecular weight excluding hydrogens is 176 g/mol. The summed E-state index contributed by atoms with van der Waals surface area (Å²) in [5.41, 5.74) is 5.34. The standard InChI is InChI=1S/C4H8N2S2.ClH/c5-4(7)6-1-2-8-3-6;/h1-3H2,(H2,5,7);1H. The number of halogens is 1. The van der Waals surface area contributed by atoms with Gasteiger partial charge in [0.05, 0.1) is 5.88 Å². The average Bonchev–Trinajstić information content (AvgIpc) is 2.12. The molecule has 0 saturated carbocycles. The van der Waals surface area contributed by atoms with E-state index >= 15 is 0 Å². The highest BCUT2D eigenvalue weighted by Crippen LogP contribution is 2.11. The third kappa shape index (κ3) is 2.60. The Morgan fingerprint density at radius 2 is 2.33 bits per heavy atom. The van der Waals surface area contributed by atoms with Crippen LogP contribution in [0.4, 0.5) is 0 Å². The number of rotatable bonds is 0. The maximum atomic E-state index is 5.34. The summed E-state index contributed by atoms with van der Waals surface area (Å²) in [7, 11) is 0. The van der Waals surface area contributed by atoms with E-state index in [1.807, 2.05) is 16.7 Å². The van der Waals surface area contributed by atoms with Crippen molar-refractivity contribution in [2.24, 2.45) is 5.73 Å². The Kier molecular flexibility index (Phi) is 4.35. The smallest absolute Gasteiger partial charge is 0.167 e. The fraction of sp³-hybridized carbons (Fsp3) is 0.750. The van der Waals surface area contributed by atoms with Crippen LogP contribution in [-0.4, -0.2) is 28.2 Å². The van der Waals surface area contributed by atoms with Gasteiger partial charge in [-0.05, 0) is 12.2 Å². The van der Waals surface area contributed by atoms with Crippen LogP contribution >= 0.6 is 36.4 Å². The second-order valence-corrected chi connectivity index (χ2v) is 3.13. The molecule has 1 rings (SSSR count). The SMILES string of the molecule is Cl.NC(=S)N1CCSC1. The molecule has 0 atom stereocenters. The number of thiocarbonyl (C=S) groups is 1. The highest BCUT2D eigenvalue weighted by molar-refractivity contribution is 7.99. The Hall–Kier alpha value is 0.330. The summed E-state index contributed by atoms with van der Waals surface area (Å²) >= 11 is 6.61. The van der Waals surface area contributed by atoms with Gasteiger partial charge < -0.3 is 10.6 Å². The van der Waals surface area contributed by atoms with E-state index in [1.165, 1.54) is 0 Å². The van der Waals surface area contributed by atoms with Crippen LogP contribution in [0.15, 0.2) is 0 Å². The molecule has 2 N–H and O–H groups in total. The molecule has 54 valence electrons. The van der Waals surface area contributed by atoms with Crippen molar-refractivity contribution >= 4 is 41.5 Å². The number of hydrogen-bond donors (Lipinski definition) is 1. The fourth-order valence-corrected chi connectivity index (χ4v) is 1.79. The van der Waals surface area contributed by atoms with E-state index in [2.05, 4.69) is 0 Å². The van der Waals surface area contributed by atoms with E-state index in [4.69, 9.17) is 18.0 Å². The zero-order chi connectivity index (χ0) is 5.98. The van der Waals surface area contributed by atoms with Crippen molar-refractivity contribution in [1.29, 1.82) is 0 Å². The molecule has 1 fully saturated rings. The van der Waals surface area contributed by atoms with Crippen LogP contribution in [0.5, 0.6) is 0 Å². The van der Waals surface area contributed by atoms with Gasteiger partial charge in [-0.2, -0.15) is 0 Å². The monoisotopic (exact) mass is 184 g/mol. The number of nitrogens with zero attached hydrogens (tertiary/aromatic N) is 1. The van der Waals surface area contributed by atoms with Gasteiger partial charge in [0.1, 0.15) is 0 Å². The Labute approximate surface area is 70.6 Å². The van der Waals surface area contributed by atoms with Gasteiger partial charge in [0.2, 0.25) is 0 Å². The predicted molar refractivity (Wildman–Crippen MR) is 48.1 cm³/mol. The summed E-state index contributed by atoms with van der Waals surface area (Å²) in [5, 5.41) is 0.537. The summed E-state index contributed by atoms with van der Waals surface area (Å²) < 4.78 is 0. The van der Waals surface area contributed by atoms with Gasteiger partial charge in [-0.15, -0.1) is 24.2 Å². The van der Waals surface area contributed by atoms with E-state index in [0.29, 0.717) is 5.11 Å². The highest BCUT2D eigenvalue weighted by Gasteiger charge is 2.11. The molecule has 1 saturated heterocycles. The molecule has 0 aromatic heterocycles. The Morgan fingerprint density at radius 1 is 1.67 bits per heavy atom. The second-order valence-electron chi connectivity index (χ2n) is 1.64. The summed E-state index contributed by atoms with van der Waals surface area (Å²) in [4.78, 5) is 2.00. The summed E-state index contributed by atoms with van der Waals surface area (Å²) in [6.07, 6.45) is 0. The first-order valence-corrected chi connectivity index (χ1v) is 3.99. The van der Waals surface area contributed by atoms with Crippen molar-refractivity contribution in [2.75, 3.05) is 18.2 Å². The number of thioether (sulfide) groups is 1. The largest absolute Gasteiger partial charge is 0.376 e. The first kappa shape index (κ1) is 9.33. The van der Waals surface area contributed by atoms with Crippen molar-refractivity contribution < 1.29 is 0 Å².